The SMILES string of the molecule is CCC(C)(C)c1[nH]nc(N)c1-c1ccc(F)cc1Cl. The highest BCUT2D eigenvalue weighted by molar-refractivity contribution is 6.33. The van der Waals surface area contributed by atoms with E-state index in [0.29, 0.717) is 16.4 Å². The van der Waals surface area contributed by atoms with Gasteiger partial charge in [-0.3, -0.25) is 5.10 Å². The van der Waals surface area contributed by atoms with E-state index in [-0.39, 0.29) is 11.2 Å². The van der Waals surface area contributed by atoms with Crippen LogP contribution in [0, 0.1) is 5.82 Å². The highest BCUT2D eigenvalue weighted by Crippen LogP contribution is 2.40. The zero-order chi connectivity index (χ0) is 14.2. The molecule has 19 heavy (non-hydrogen) atoms. The van der Waals surface area contributed by atoms with Gasteiger partial charge in [-0.2, -0.15) is 5.10 Å². The molecule has 0 bridgehead atoms. The number of aromatic amines is 1. The Morgan fingerprint density at radius 3 is 2.68 bits per heavy atom. The van der Waals surface area contributed by atoms with Crippen molar-refractivity contribution >= 4 is 17.4 Å². The molecule has 0 aliphatic heterocycles. The minimum Gasteiger partial charge on any atom is -0.382 e. The Morgan fingerprint density at radius 2 is 2.11 bits per heavy atom. The van der Waals surface area contributed by atoms with E-state index in [1.807, 2.05) is 0 Å². The van der Waals surface area contributed by atoms with Gasteiger partial charge in [-0.15, -0.1) is 0 Å². The lowest BCUT2D eigenvalue weighted by atomic mass is 9.83. The van der Waals surface area contributed by atoms with Gasteiger partial charge in [0.15, 0.2) is 5.82 Å². The molecule has 0 aliphatic carbocycles. The third-order valence-electron chi connectivity index (χ3n) is 3.56. The second kappa shape index (κ2) is 4.85. The molecule has 2 aromatic rings. The summed E-state index contributed by atoms with van der Waals surface area (Å²) < 4.78 is 13.2. The number of benzene rings is 1. The molecule has 3 N–H and O–H groups in total. The van der Waals surface area contributed by atoms with Crippen LogP contribution in [0.2, 0.25) is 5.02 Å². The molecule has 0 fully saturated rings. The summed E-state index contributed by atoms with van der Waals surface area (Å²) in [5, 5.41) is 7.38. The van der Waals surface area contributed by atoms with Crippen LogP contribution < -0.4 is 5.73 Å². The van der Waals surface area contributed by atoms with Gasteiger partial charge in [-0.05, 0) is 24.6 Å². The van der Waals surface area contributed by atoms with E-state index in [1.165, 1.54) is 12.1 Å². The third-order valence-corrected chi connectivity index (χ3v) is 3.87. The number of aromatic nitrogens is 2. The minimum atomic E-state index is -0.368. The Labute approximate surface area is 117 Å². The van der Waals surface area contributed by atoms with Gasteiger partial charge in [0.1, 0.15) is 5.82 Å². The third kappa shape index (κ3) is 2.45. The maximum atomic E-state index is 13.2. The van der Waals surface area contributed by atoms with Crippen molar-refractivity contribution in [2.75, 3.05) is 5.73 Å². The topological polar surface area (TPSA) is 54.7 Å². The number of nitrogen functional groups attached to an aromatic ring is 1. The van der Waals surface area contributed by atoms with Gasteiger partial charge in [0.05, 0.1) is 10.7 Å². The van der Waals surface area contributed by atoms with E-state index in [4.69, 9.17) is 17.3 Å². The fraction of sp³-hybridized carbons (Fsp3) is 0.357. The van der Waals surface area contributed by atoms with E-state index in [0.717, 1.165) is 17.7 Å². The molecule has 0 radical (unpaired) electrons. The zero-order valence-corrected chi connectivity index (χ0v) is 12.0. The average molecular weight is 282 g/mol. The molecule has 0 saturated heterocycles. The molecule has 0 saturated carbocycles. The minimum absolute atomic E-state index is 0.113. The molecular weight excluding hydrogens is 265 g/mol. The first-order chi connectivity index (χ1) is 8.86. The highest BCUT2D eigenvalue weighted by atomic mass is 35.5. The summed E-state index contributed by atoms with van der Waals surface area (Å²) >= 11 is 6.12. The van der Waals surface area contributed by atoms with Crippen molar-refractivity contribution in [2.45, 2.75) is 32.6 Å². The molecular formula is C14H17ClFN3. The smallest absolute Gasteiger partial charge is 0.153 e. The number of nitrogens with zero attached hydrogens (tertiary/aromatic N) is 1. The van der Waals surface area contributed by atoms with Crippen molar-refractivity contribution < 1.29 is 4.39 Å². The van der Waals surface area contributed by atoms with Gasteiger partial charge in [-0.25, -0.2) is 4.39 Å². The molecule has 1 aromatic carbocycles. The monoisotopic (exact) mass is 281 g/mol. The maximum Gasteiger partial charge on any atom is 0.153 e. The van der Waals surface area contributed by atoms with Crippen molar-refractivity contribution in [3.8, 4) is 11.1 Å². The number of rotatable bonds is 3. The predicted octanol–water partition coefficient (Wildman–Crippen LogP) is 4.14. The van der Waals surface area contributed by atoms with Crippen LogP contribution in [0.15, 0.2) is 18.2 Å². The van der Waals surface area contributed by atoms with Crippen LogP contribution in [0.25, 0.3) is 11.1 Å². The van der Waals surface area contributed by atoms with Gasteiger partial charge in [0.25, 0.3) is 0 Å². The van der Waals surface area contributed by atoms with Crippen molar-refractivity contribution in [1.29, 1.82) is 0 Å². The zero-order valence-electron chi connectivity index (χ0n) is 11.2. The van der Waals surface area contributed by atoms with Crippen molar-refractivity contribution in [3.63, 3.8) is 0 Å². The molecule has 0 amide bonds. The standard InChI is InChI=1S/C14H17ClFN3/c1-4-14(2,3)12-11(13(17)19-18-12)9-6-5-8(16)7-10(9)15/h5-7H,4H2,1-3H3,(H3,17,18,19). The first kappa shape index (κ1) is 13.9. The van der Waals surface area contributed by atoms with Crippen LogP contribution in [0.4, 0.5) is 10.2 Å². The Balaban J connectivity index is 2.65. The number of nitrogens with two attached hydrogens (primary N) is 1. The molecule has 0 spiro atoms. The van der Waals surface area contributed by atoms with Crippen LogP contribution in [-0.4, -0.2) is 10.2 Å². The van der Waals surface area contributed by atoms with Gasteiger partial charge in [-0.1, -0.05) is 32.4 Å². The van der Waals surface area contributed by atoms with E-state index < -0.39 is 0 Å². The number of H-pyrrole nitrogens is 1. The summed E-state index contributed by atoms with van der Waals surface area (Å²) in [5.74, 6) is 0.0113. The fourth-order valence-corrected chi connectivity index (χ4v) is 2.25. The number of nitrogens with one attached hydrogen (secondary N) is 1. The Bertz CT molecular complexity index is 605. The Hall–Kier alpha value is -1.55. The first-order valence-corrected chi connectivity index (χ1v) is 6.54. The van der Waals surface area contributed by atoms with Crippen LogP contribution >= 0.6 is 11.6 Å². The number of hydrogen-bond acceptors (Lipinski definition) is 2. The quantitative estimate of drug-likeness (QED) is 0.888. The summed E-state index contributed by atoms with van der Waals surface area (Å²) in [6, 6.07) is 4.29. The molecule has 3 nitrogen and oxygen atoms in total. The molecule has 5 heteroatoms. The van der Waals surface area contributed by atoms with Crippen molar-refractivity contribution in [3.05, 3.63) is 34.7 Å². The van der Waals surface area contributed by atoms with Crippen molar-refractivity contribution in [1.82, 2.24) is 10.2 Å². The number of anilines is 1. The Kier molecular flexibility index (Phi) is 3.54. The molecule has 2 rings (SSSR count). The largest absolute Gasteiger partial charge is 0.382 e. The average Bonchev–Trinajstić information content (AvgIpc) is 2.72. The summed E-state index contributed by atoms with van der Waals surface area (Å²) in [5.41, 5.74) is 8.20. The predicted molar refractivity (Wildman–Crippen MR) is 76.7 cm³/mol. The summed E-state index contributed by atoms with van der Waals surface area (Å²) in [6.45, 7) is 6.29. The second-order valence-corrected chi connectivity index (χ2v) is 5.63. The van der Waals surface area contributed by atoms with E-state index >= 15 is 0 Å². The molecule has 0 atom stereocenters. The molecule has 0 aliphatic rings. The summed E-state index contributed by atoms with van der Waals surface area (Å²) in [7, 11) is 0. The van der Waals surface area contributed by atoms with Gasteiger partial charge >= 0.3 is 0 Å². The second-order valence-electron chi connectivity index (χ2n) is 5.22. The lowest BCUT2D eigenvalue weighted by Crippen LogP contribution is -2.17. The van der Waals surface area contributed by atoms with Crippen LogP contribution in [0.1, 0.15) is 32.9 Å². The van der Waals surface area contributed by atoms with Crippen LogP contribution in [0.5, 0.6) is 0 Å². The maximum absolute atomic E-state index is 13.2. The lowest BCUT2D eigenvalue weighted by Gasteiger charge is -2.23. The molecule has 102 valence electrons. The van der Waals surface area contributed by atoms with Crippen LogP contribution in [-0.2, 0) is 5.41 Å². The highest BCUT2D eigenvalue weighted by Gasteiger charge is 2.27. The normalized spacial score (nSPS) is 11.8. The van der Waals surface area contributed by atoms with E-state index in [2.05, 4.69) is 31.0 Å². The molecule has 0 unspecified atom stereocenters. The van der Waals surface area contributed by atoms with E-state index in [1.54, 1.807) is 6.07 Å². The van der Waals surface area contributed by atoms with Gasteiger partial charge in [0.2, 0.25) is 0 Å². The molecule has 1 heterocycles. The number of halogens is 2. The van der Waals surface area contributed by atoms with E-state index in [9.17, 15) is 4.39 Å². The molecule has 1 aromatic heterocycles. The van der Waals surface area contributed by atoms with Gasteiger partial charge < -0.3 is 5.73 Å². The summed E-state index contributed by atoms with van der Waals surface area (Å²) in [4.78, 5) is 0. The number of hydrogen-bond donors (Lipinski definition) is 2. The van der Waals surface area contributed by atoms with Crippen LogP contribution in [0.3, 0.4) is 0 Å². The van der Waals surface area contributed by atoms with Gasteiger partial charge in [0, 0.05) is 16.5 Å². The Morgan fingerprint density at radius 1 is 1.42 bits per heavy atom. The fourth-order valence-electron chi connectivity index (χ4n) is 1.99. The first-order valence-electron chi connectivity index (χ1n) is 6.16. The van der Waals surface area contributed by atoms with Crippen molar-refractivity contribution in [2.24, 2.45) is 0 Å². The summed E-state index contributed by atoms with van der Waals surface area (Å²) in [6.07, 6.45) is 0.917. The lowest BCUT2D eigenvalue weighted by molar-refractivity contribution is 0.490.